The molecule has 16 heavy (non-hydrogen) atoms. The van der Waals surface area contributed by atoms with Gasteiger partial charge in [0.1, 0.15) is 4.88 Å². The molecule has 1 aromatic heterocycles. The Kier molecular flexibility index (Phi) is 4.04. The molecule has 1 amide bonds. The van der Waals surface area contributed by atoms with Gasteiger partial charge >= 0.3 is 0 Å². The number of hydrogen-bond donors (Lipinski definition) is 1. The minimum atomic E-state index is -0.871. The highest BCUT2D eigenvalue weighted by Crippen LogP contribution is 2.16. The summed E-state index contributed by atoms with van der Waals surface area (Å²) in [6.45, 7) is 8.03. The summed E-state index contributed by atoms with van der Waals surface area (Å²) < 4.78 is 0. The van der Waals surface area contributed by atoms with Crippen molar-refractivity contribution in [2.24, 2.45) is 0 Å². The quantitative estimate of drug-likeness (QED) is 0.874. The van der Waals surface area contributed by atoms with Gasteiger partial charge in [-0.05, 0) is 27.7 Å². The first-order chi connectivity index (χ1) is 7.35. The number of carbonyl (C=O) groups is 1. The fourth-order valence-electron chi connectivity index (χ4n) is 1.45. The van der Waals surface area contributed by atoms with E-state index in [4.69, 9.17) is 0 Å². The molecule has 0 saturated heterocycles. The molecule has 0 aliphatic heterocycles. The van der Waals surface area contributed by atoms with Crippen LogP contribution < -0.4 is 0 Å². The van der Waals surface area contributed by atoms with Gasteiger partial charge in [-0.15, -0.1) is 11.3 Å². The number of aliphatic hydroxyl groups is 1. The van der Waals surface area contributed by atoms with Crippen LogP contribution >= 0.6 is 11.3 Å². The molecule has 0 aromatic carbocycles. The third-order valence-electron chi connectivity index (χ3n) is 2.19. The van der Waals surface area contributed by atoms with Crippen LogP contribution in [-0.2, 0) is 0 Å². The monoisotopic (exact) mass is 242 g/mol. The first-order valence-electron chi connectivity index (χ1n) is 5.27. The zero-order valence-corrected chi connectivity index (χ0v) is 11.0. The summed E-state index contributed by atoms with van der Waals surface area (Å²) in [5.41, 5.74) is 1.55. The molecule has 1 heterocycles. The minimum absolute atomic E-state index is 0.0513. The van der Waals surface area contributed by atoms with Crippen molar-refractivity contribution in [2.45, 2.75) is 33.3 Å². The topological polar surface area (TPSA) is 53.4 Å². The predicted molar refractivity (Wildman–Crippen MR) is 64.7 cm³/mol. The second-order valence-corrected chi connectivity index (χ2v) is 5.25. The van der Waals surface area contributed by atoms with Crippen LogP contribution in [0.1, 0.15) is 36.1 Å². The molecule has 1 rings (SSSR count). The van der Waals surface area contributed by atoms with Crippen LogP contribution in [-0.4, -0.2) is 39.6 Å². The molecule has 0 aliphatic rings. The molecule has 0 spiro atoms. The van der Waals surface area contributed by atoms with E-state index in [2.05, 4.69) is 4.98 Å². The Labute approximate surface area is 99.9 Å². The lowest BCUT2D eigenvalue weighted by atomic mass is 10.1. The number of likely N-dealkylation sites (N-methyl/N-ethyl adjacent to an activating group) is 1. The molecule has 0 bridgehead atoms. The third-order valence-corrected chi connectivity index (χ3v) is 3.10. The number of carbonyl (C=O) groups excluding carboxylic acids is 1. The molecule has 5 heteroatoms. The average Bonchev–Trinajstić information content (AvgIpc) is 2.58. The second-order valence-electron chi connectivity index (χ2n) is 4.40. The number of aromatic nitrogens is 1. The van der Waals surface area contributed by atoms with Crippen LogP contribution in [0.2, 0.25) is 0 Å². The Morgan fingerprint density at radius 1 is 1.62 bits per heavy atom. The highest BCUT2D eigenvalue weighted by atomic mass is 32.1. The van der Waals surface area contributed by atoms with Crippen LogP contribution in [0, 0.1) is 6.92 Å². The van der Waals surface area contributed by atoms with Crippen molar-refractivity contribution in [3.05, 3.63) is 16.1 Å². The summed E-state index contributed by atoms with van der Waals surface area (Å²) in [4.78, 5) is 18.5. The van der Waals surface area contributed by atoms with Gasteiger partial charge in [0.2, 0.25) is 0 Å². The normalized spacial score (nSPS) is 11.6. The van der Waals surface area contributed by atoms with Crippen molar-refractivity contribution in [1.29, 1.82) is 0 Å². The lowest BCUT2D eigenvalue weighted by Gasteiger charge is -2.27. The van der Waals surface area contributed by atoms with Crippen LogP contribution in [0.5, 0.6) is 0 Å². The Morgan fingerprint density at radius 2 is 2.25 bits per heavy atom. The van der Waals surface area contributed by atoms with E-state index >= 15 is 0 Å². The lowest BCUT2D eigenvalue weighted by molar-refractivity contribution is 0.0316. The van der Waals surface area contributed by atoms with E-state index in [1.54, 1.807) is 24.3 Å². The van der Waals surface area contributed by atoms with E-state index in [0.29, 0.717) is 18.0 Å². The Hall–Kier alpha value is -0.940. The van der Waals surface area contributed by atoms with Gasteiger partial charge in [-0.25, -0.2) is 4.98 Å². The number of amides is 1. The molecule has 90 valence electrons. The van der Waals surface area contributed by atoms with Gasteiger partial charge in [-0.1, -0.05) is 0 Å². The van der Waals surface area contributed by atoms with Crippen molar-refractivity contribution < 1.29 is 9.90 Å². The van der Waals surface area contributed by atoms with Crippen molar-refractivity contribution in [2.75, 3.05) is 13.1 Å². The van der Waals surface area contributed by atoms with Gasteiger partial charge in [0.15, 0.2) is 0 Å². The molecule has 0 saturated carbocycles. The molecular weight excluding hydrogens is 224 g/mol. The summed E-state index contributed by atoms with van der Waals surface area (Å²) in [5, 5.41) is 9.73. The zero-order valence-electron chi connectivity index (χ0n) is 10.1. The Morgan fingerprint density at radius 3 is 2.62 bits per heavy atom. The molecule has 0 atom stereocenters. The molecule has 4 nitrogen and oxygen atoms in total. The van der Waals surface area contributed by atoms with Gasteiger partial charge in [0.05, 0.1) is 16.8 Å². The number of hydrogen-bond acceptors (Lipinski definition) is 4. The van der Waals surface area contributed by atoms with Crippen molar-refractivity contribution in [3.63, 3.8) is 0 Å². The standard InChI is InChI=1S/C11H18N2O2S/c1-5-13(6-11(3,4)15)10(14)9-8(2)12-7-16-9/h7,15H,5-6H2,1-4H3. The zero-order chi connectivity index (χ0) is 12.3. The SMILES string of the molecule is CCN(CC(C)(C)O)C(=O)c1scnc1C. The summed E-state index contributed by atoms with van der Waals surface area (Å²) in [6.07, 6.45) is 0. The maximum Gasteiger partial charge on any atom is 0.265 e. The van der Waals surface area contributed by atoms with Crippen LogP contribution in [0.4, 0.5) is 0 Å². The maximum absolute atomic E-state index is 12.1. The molecule has 0 fully saturated rings. The summed E-state index contributed by atoms with van der Waals surface area (Å²) in [5.74, 6) is -0.0513. The van der Waals surface area contributed by atoms with Crippen molar-refractivity contribution in [1.82, 2.24) is 9.88 Å². The lowest BCUT2D eigenvalue weighted by Crippen LogP contribution is -2.42. The molecular formula is C11H18N2O2S. The van der Waals surface area contributed by atoms with E-state index in [1.165, 1.54) is 11.3 Å². The first kappa shape index (κ1) is 13.1. The first-order valence-corrected chi connectivity index (χ1v) is 6.15. The number of aryl methyl sites for hydroxylation is 1. The maximum atomic E-state index is 12.1. The molecule has 0 aliphatic carbocycles. The van der Waals surface area contributed by atoms with Crippen molar-refractivity contribution in [3.8, 4) is 0 Å². The van der Waals surface area contributed by atoms with E-state index in [9.17, 15) is 9.90 Å². The van der Waals surface area contributed by atoms with Crippen LogP contribution in [0.15, 0.2) is 5.51 Å². The van der Waals surface area contributed by atoms with Crippen molar-refractivity contribution >= 4 is 17.2 Å². The average molecular weight is 242 g/mol. The van der Waals surface area contributed by atoms with E-state index in [0.717, 1.165) is 5.69 Å². The summed E-state index contributed by atoms with van der Waals surface area (Å²) >= 11 is 1.34. The van der Waals surface area contributed by atoms with Crippen LogP contribution in [0.3, 0.4) is 0 Å². The van der Waals surface area contributed by atoms with E-state index in [1.807, 2.05) is 13.8 Å². The molecule has 1 N–H and O–H groups in total. The Bertz CT molecular complexity index is 368. The minimum Gasteiger partial charge on any atom is -0.389 e. The highest BCUT2D eigenvalue weighted by molar-refractivity contribution is 7.11. The Balaban J connectivity index is 2.82. The highest BCUT2D eigenvalue weighted by Gasteiger charge is 2.24. The fourth-order valence-corrected chi connectivity index (χ4v) is 2.21. The molecule has 0 unspecified atom stereocenters. The molecule has 0 radical (unpaired) electrons. The van der Waals surface area contributed by atoms with Gasteiger partial charge in [0.25, 0.3) is 5.91 Å². The summed E-state index contributed by atoms with van der Waals surface area (Å²) in [6, 6.07) is 0. The summed E-state index contributed by atoms with van der Waals surface area (Å²) in [7, 11) is 0. The second kappa shape index (κ2) is 4.93. The largest absolute Gasteiger partial charge is 0.389 e. The fraction of sp³-hybridized carbons (Fsp3) is 0.636. The van der Waals surface area contributed by atoms with Crippen LogP contribution in [0.25, 0.3) is 0 Å². The third kappa shape index (κ3) is 3.28. The number of nitrogens with zero attached hydrogens (tertiary/aromatic N) is 2. The van der Waals surface area contributed by atoms with Gasteiger partial charge in [0, 0.05) is 13.1 Å². The number of thiazole rings is 1. The van der Waals surface area contributed by atoms with Gasteiger partial charge < -0.3 is 10.0 Å². The predicted octanol–water partition coefficient (Wildman–Crippen LogP) is 1.68. The number of rotatable bonds is 4. The van der Waals surface area contributed by atoms with E-state index < -0.39 is 5.60 Å². The van der Waals surface area contributed by atoms with E-state index in [-0.39, 0.29) is 5.91 Å². The molecule has 1 aromatic rings. The van der Waals surface area contributed by atoms with Gasteiger partial charge in [-0.3, -0.25) is 4.79 Å². The van der Waals surface area contributed by atoms with Gasteiger partial charge in [-0.2, -0.15) is 0 Å². The smallest absolute Gasteiger partial charge is 0.265 e.